The number of hydrogen-bond acceptors (Lipinski definition) is 3. The minimum Gasteiger partial charge on any atom is -0.364 e. The summed E-state index contributed by atoms with van der Waals surface area (Å²) in [5.41, 5.74) is 7.07. The van der Waals surface area contributed by atoms with Gasteiger partial charge in [0.1, 0.15) is 5.82 Å². The van der Waals surface area contributed by atoms with E-state index in [2.05, 4.69) is 21.5 Å². The summed E-state index contributed by atoms with van der Waals surface area (Å²) >= 11 is 0. The van der Waals surface area contributed by atoms with Crippen LogP contribution < -0.4 is 5.73 Å². The molecule has 1 fully saturated rings. The molecule has 5 heteroatoms. The summed E-state index contributed by atoms with van der Waals surface area (Å²) in [6.45, 7) is 2.79. The number of carbonyl (C=O) groups is 1. The molecule has 0 saturated heterocycles. The zero-order valence-electron chi connectivity index (χ0n) is 13.7. The molecule has 0 atom stereocenters. The molecule has 1 saturated carbocycles. The predicted molar refractivity (Wildman–Crippen MR) is 86.6 cm³/mol. The number of hydrogen-bond donors (Lipinski definition) is 1. The van der Waals surface area contributed by atoms with Crippen molar-refractivity contribution in [2.24, 2.45) is 11.7 Å². The summed E-state index contributed by atoms with van der Waals surface area (Å²) in [4.78, 5) is 18.6. The van der Waals surface area contributed by atoms with Crippen LogP contribution in [0.1, 0.15) is 67.0 Å². The molecule has 0 unspecified atom stereocenters. The molecule has 3 rings (SSSR count). The highest BCUT2D eigenvalue weighted by atomic mass is 16.1. The molecule has 1 aliphatic heterocycles. The van der Waals surface area contributed by atoms with E-state index in [9.17, 15) is 4.79 Å². The second kappa shape index (κ2) is 6.82. The van der Waals surface area contributed by atoms with Crippen molar-refractivity contribution in [1.82, 2.24) is 14.5 Å². The fourth-order valence-corrected chi connectivity index (χ4v) is 3.99. The SMILES string of the molecule is CN1CCCn2c(CCC3CCCCC3)nc(C(N)=O)c2C1. The fourth-order valence-electron chi connectivity index (χ4n) is 3.99. The van der Waals surface area contributed by atoms with Crippen molar-refractivity contribution >= 4 is 5.91 Å². The molecule has 122 valence electrons. The Morgan fingerprint density at radius 1 is 1.23 bits per heavy atom. The van der Waals surface area contributed by atoms with Crippen molar-refractivity contribution in [3.05, 3.63) is 17.2 Å². The Labute approximate surface area is 132 Å². The van der Waals surface area contributed by atoms with E-state index in [4.69, 9.17) is 5.73 Å². The average Bonchev–Trinajstić information content (AvgIpc) is 2.72. The highest BCUT2D eigenvalue weighted by Crippen LogP contribution is 2.28. The first-order chi connectivity index (χ1) is 10.6. The highest BCUT2D eigenvalue weighted by molar-refractivity contribution is 5.92. The number of amides is 1. The van der Waals surface area contributed by atoms with E-state index in [1.54, 1.807) is 0 Å². The number of imidazole rings is 1. The van der Waals surface area contributed by atoms with Gasteiger partial charge in [0.2, 0.25) is 0 Å². The van der Waals surface area contributed by atoms with Crippen LogP contribution in [0.3, 0.4) is 0 Å². The van der Waals surface area contributed by atoms with E-state index in [1.165, 1.54) is 38.5 Å². The number of aryl methyl sites for hydroxylation is 1. The number of primary amides is 1. The molecule has 2 aliphatic rings. The lowest BCUT2D eigenvalue weighted by Gasteiger charge is -2.21. The molecule has 0 radical (unpaired) electrons. The lowest BCUT2D eigenvalue weighted by Crippen LogP contribution is -2.21. The molecule has 0 spiro atoms. The van der Waals surface area contributed by atoms with Crippen LogP contribution in [0.4, 0.5) is 0 Å². The zero-order valence-corrected chi connectivity index (χ0v) is 13.7. The van der Waals surface area contributed by atoms with Gasteiger partial charge in [0.05, 0.1) is 5.69 Å². The van der Waals surface area contributed by atoms with Crippen molar-refractivity contribution in [2.75, 3.05) is 13.6 Å². The van der Waals surface area contributed by atoms with Crippen LogP contribution in [0.5, 0.6) is 0 Å². The first kappa shape index (κ1) is 15.5. The zero-order chi connectivity index (χ0) is 15.5. The van der Waals surface area contributed by atoms with Gasteiger partial charge in [-0.3, -0.25) is 4.79 Å². The molecule has 1 aromatic rings. The summed E-state index contributed by atoms with van der Waals surface area (Å²) in [5, 5.41) is 0. The van der Waals surface area contributed by atoms with Gasteiger partial charge in [-0.15, -0.1) is 0 Å². The van der Waals surface area contributed by atoms with Crippen LogP contribution in [-0.2, 0) is 19.5 Å². The Bertz CT molecular complexity index is 531. The van der Waals surface area contributed by atoms with E-state index >= 15 is 0 Å². The molecule has 1 aliphatic carbocycles. The topological polar surface area (TPSA) is 64.2 Å². The molecule has 5 nitrogen and oxygen atoms in total. The predicted octanol–water partition coefficient (Wildman–Crippen LogP) is 2.33. The highest BCUT2D eigenvalue weighted by Gasteiger charge is 2.24. The van der Waals surface area contributed by atoms with Crippen LogP contribution >= 0.6 is 0 Å². The van der Waals surface area contributed by atoms with Gasteiger partial charge in [-0.25, -0.2) is 4.98 Å². The monoisotopic (exact) mass is 304 g/mol. The Balaban J connectivity index is 1.78. The Morgan fingerprint density at radius 3 is 2.73 bits per heavy atom. The third kappa shape index (κ3) is 3.35. The maximum Gasteiger partial charge on any atom is 0.269 e. The normalized spacial score (nSPS) is 20.6. The average molecular weight is 304 g/mol. The number of carbonyl (C=O) groups excluding carboxylic acids is 1. The lowest BCUT2D eigenvalue weighted by molar-refractivity contribution is 0.0994. The van der Waals surface area contributed by atoms with Crippen molar-refractivity contribution in [1.29, 1.82) is 0 Å². The second-order valence-corrected chi connectivity index (χ2v) is 6.97. The van der Waals surface area contributed by atoms with Crippen LogP contribution in [-0.4, -0.2) is 34.0 Å². The first-order valence-electron chi connectivity index (χ1n) is 8.71. The van der Waals surface area contributed by atoms with Gasteiger partial charge in [0.25, 0.3) is 5.91 Å². The third-order valence-electron chi connectivity index (χ3n) is 5.23. The van der Waals surface area contributed by atoms with Crippen molar-refractivity contribution in [3.8, 4) is 0 Å². The molecule has 22 heavy (non-hydrogen) atoms. The maximum absolute atomic E-state index is 11.7. The molecule has 2 heterocycles. The van der Waals surface area contributed by atoms with Crippen LogP contribution in [0, 0.1) is 5.92 Å². The van der Waals surface area contributed by atoms with Gasteiger partial charge in [-0.1, -0.05) is 32.1 Å². The van der Waals surface area contributed by atoms with Gasteiger partial charge >= 0.3 is 0 Å². The van der Waals surface area contributed by atoms with Gasteiger partial charge < -0.3 is 15.2 Å². The number of nitrogens with zero attached hydrogens (tertiary/aromatic N) is 3. The molecule has 0 bridgehead atoms. The van der Waals surface area contributed by atoms with Gasteiger partial charge in [-0.2, -0.15) is 0 Å². The van der Waals surface area contributed by atoms with Crippen molar-refractivity contribution in [3.63, 3.8) is 0 Å². The second-order valence-electron chi connectivity index (χ2n) is 6.97. The van der Waals surface area contributed by atoms with Crippen LogP contribution in [0.25, 0.3) is 0 Å². The van der Waals surface area contributed by atoms with E-state index in [-0.39, 0.29) is 5.91 Å². The minimum atomic E-state index is -0.386. The lowest BCUT2D eigenvalue weighted by atomic mass is 9.86. The molecular weight excluding hydrogens is 276 g/mol. The standard InChI is InChI=1S/C17H28N4O/c1-20-10-5-11-21-14(12-20)16(17(18)22)19-15(21)9-8-13-6-3-2-4-7-13/h13H,2-12H2,1H3,(H2,18,22). The number of rotatable bonds is 4. The molecule has 1 amide bonds. The third-order valence-corrected chi connectivity index (χ3v) is 5.23. The maximum atomic E-state index is 11.7. The van der Waals surface area contributed by atoms with Gasteiger partial charge in [0.15, 0.2) is 5.69 Å². The molecule has 1 aromatic heterocycles. The fraction of sp³-hybridized carbons (Fsp3) is 0.765. The molecule has 0 aromatic carbocycles. The first-order valence-corrected chi connectivity index (χ1v) is 8.71. The van der Waals surface area contributed by atoms with E-state index in [0.29, 0.717) is 5.69 Å². The van der Waals surface area contributed by atoms with Crippen molar-refractivity contribution < 1.29 is 4.79 Å². The van der Waals surface area contributed by atoms with Gasteiger partial charge in [0, 0.05) is 19.5 Å². The smallest absolute Gasteiger partial charge is 0.269 e. The summed E-state index contributed by atoms with van der Waals surface area (Å²) in [6, 6.07) is 0. The largest absolute Gasteiger partial charge is 0.364 e. The summed E-state index contributed by atoms with van der Waals surface area (Å²) in [5.74, 6) is 1.53. The Morgan fingerprint density at radius 2 is 2.00 bits per heavy atom. The summed E-state index contributed by atoms with van der Waals surface area (Å²) in [6.07, 6.45) is 10.2. The van der Waals surface area contributed by atoms with E-state index < -0.39 is 0 Å². The number of nitrogens with two attached hydrogens (primary N) is 1. The van der Waals surface area contributed by atoms with Crippen LogP contribution in [0.2, 0.25) is 0 Å². The van der Waals surface area contributed by atoms with Gasteiger partial charge in [-0.05, 0) is 32.4 Å². The van der Waals surface area contributed by atoms with Crippen molar-refractivity contribution in [2.45, 2.75) is 64.5 Å². The minimum absolute atomic E-state index is 0.386. The Hall–Kier alpha value is -1.36. The summed E-state index contributed by atoms with van der Waals surface area (Å²) < 4.78 is 2.27. The summed E-state index contributed by atoms with van der Waals surface area (Å²) in [7, 11) is 2.09. The van der Waals surface area contributed by atoms with Crippen LogP contribution in [0.15, 0.2) is 0 Å². The molecule has 2 N–H and O–H groups in total. The number of aromatic nitrogens is 2. The molecular formula is C17H28N4O. The van der Waals surface area contributed by atoms with E-state index in [0.717, 1.165) is 49.9 Å². The quantitative estimate of drug-likeness (QED) is 0.928. The number of fused-ring (bicyclic) bond motifs is 1. The Kier molecular flexibility index (Phi) is 4.81. The van der Waals surface area contributed by atoms with E-state index in [1.807, 2.05) is 0 Å².